The minimum absolute atomic E-state index is 0.152. The monoisotopic (exact) mass is 299 g/mol. The second-order valence-electron chi connectivity index (χ2n) is 5.60. The molecule has 112 valence electrons. The van der Waals surface area contributed by atoms with Crippen molar-refractivity contribution in [3.8, 4) is 0 Å². The van der Waals surface area contributed by atoms with E-state index in [-0.39, 0.29) is 17.7 Å². The Kier molecular flexibility index (Phi) is 5.44. The molecule has 4 heteroatoms. The molecule has 0 aromatic heterocycles. The molecule has 1 fully saturated rings. The summed E-state index contributed by atoms with van der Waals surface area (Å²) in [6.07, 6.45) is 3.46. The molecule has 2 rings (SSSR count). The predicted molar refractivity (Wildman–Crippen MR) is 82.2 cm³/mol. The Balaban J connectivity index is 1.99. The lowest BCUT2D eigenvalue weighted by molar-refractivity contribution is 0.444. The predicted octanol–water partition coefficient (Wildman–Crippen LogP) is 4.60. The Morgan fingerprint density at radius 1 is 1.30 bits per heavy atom. The number of hydrogen-bond acceptors (Lipinski definition) is 2. The fraction of sp³-hybridized carbons (Fsp3) is 0.625. The number of hydrogen-bond donors (Lipinski definition) is 1. The van der Waals surface area contributed by atoms with Crippen molar-refractivity contribution < 1.29 is 8.78 Å². The Hall–Kier alpha value is -0.610. The summed E-state index contributed by atoms with van der Waals surface area (Å²) >= 11 is 2.00. The van der Waals surface area contributed by atoms with E-state index < -0.39 is 0 Å². The Morgan fingerprint density at radius 3 is 2.75 bits per heavy atom. The van der Waals surface area contributed by atoms with Crippen molar-refractivity contribution in [2.24, 2.45) is 0 Å². The van der Waals surface area contributed by atoms with Gasteiger partial charge in [0, 0.05) is 22.9 Å². The summed E-state index contributed by atoms with van der Waals surface area (Å²) in [6, 6.07) is 2.88. The van der Waals surface area contributed by atoms with E-state index in [0.717, 1.165) is 18.6 Å². The summed E-state index contributed by atoms with van der Waals surface area (Å²) < 4.78 is 27.5. The first-order valence-electron chi connectivity index (χ1n) is 7.34. The van der Waals surface area contributed by atoms with E-state index in [1.807, 2.05) is 18.7 Å². The second kappa shape index (κ2) is 6.90. The van der Waals surface area contributed by atoms with E-state index in [4.69, 9.17) is 0 Å². The molecule has 1 aromatic carbocycles. The van der Waals surface area contributed by atoms with E-state index >= 15 is 0 Å². The van der Waals surface area contributed by atoms with Crippen LogP contribution in [0.2, 0.25) is 0 Å². The molecule has 0 bridgehead atoms. The van der Waals surface area contributed by atoms with Crippen LogP contribution in [0.1, 0.15) is 50.3 Å². The highest BCUT2D eigenvalue weighted by molar-refractivity contribution is 7.99. The van der Waals surface area contributed by atoms with Gasteiger partial charge in [0.25, 0.3) is 0 Å². The zero-order valence-corrected chi connectivity index (χ0v) is 13.2. The third kappa shape index (κ3) is 3.73. The van der Waals surface area contributed by atoms with E-state index in [1.165, 1.54) is 18.6 Å². The summed E-state index contributed by atoms with van der Waals surface area (Å²) in [7, 11) is 0. The zero-order valence-electron chi connectivity index (χ0n) is 12.4. The topological polar surface area (TPSA) is 12.0 Å². The van der Waals surface area contributed by atoms with Crippen LogP contribution in [0.15, 0.2) is 12.1 Å². The fourth-order valence-electron chi connectivity index (χ4n) is 2.92. The summed E-state index contributed by atoms with van der Waals surface area (Å²) in [4.78, 5) is 0. The molecule has 1 saturated carbocycles. The van der Waals surface area contributed by atoms with Crippen LogP contribution in [0.25, 0.3) is 0 Å². The number of nitrogens with one attached hydrogen (secondary N) is 1. The van der Waals surface area contributed by atoms with Crippen LogP contribution in [0, 0.1) is 18.6 Å². The van der Waals surface area contributed by atoms with Crippen LogP contribution in [0.4, 0.5) is 8.78 Å². The molecule has 1 aliphatic rings. The molecule has 1 aliphatic carbocycles. The van der Waals surface area contributed by atoms with Gasteiger partial charge in [0.2, 0.25) is 0 Å². The van der Waals surface area contributed by atoms with Crippen molar-refractivity contribution in [2.45, 2.75) is 57.4 Å². The highest BCUT2D eigenvalue weighted by Gasteiger charge is 2.26. The molecule has 0 radical (unpaired) electrons. The molecule has 20 heavy (non-hydrogen) atoms. The lowest BCUT2D eigenvalue weighted by Crippen LogP contribution is -2.30. The number of halogens is 2. The Bertz CT molecular complexity index is 464. The van der Waals surface area contributed by atoms with Crippen molar-refractivity contribution in [3.05, 3.63) is 34.9 Å². The molecule has 0 spiro atoms. The van der Waals surface area contributed by atoms with Crippen LogP contribution in [-0.2, 0) is 0 Å². The molecule has 0 amide bonds. The van der Waals surface area contributed by atoms with Crippen molar-refractivity contribution in [2.75, 3.05) is 5.75 Å². The normalized spacial score (nSPS) is 24.1. The molecular weight excluding hydrogens is 276 g/mol. The molecule has 3 atom stereocenters. The van der Waals surface area contributed by atoms with Gasteiger partial charge in [0.1, 0.15) is 11.6 Å². The minimum atomic E-state index is -0.333. The van der Waals surface area contributed by atoms with Gasteiger partial charge in [-0.2, -0.15) is 11.8 Å². The van der Waals surface area contributed by atoms with E-state index in [9.17, 15) is 8.78 Å². The maximum atomic E-state index is 13.9. The standard InChI is InChI=1S/C16H23F2NS/c1-4-20-13-6-5-12(8-13)19-11(3)14-9-15(17)10(2)7-16(14)18/h7,9,11-13,19H,4-6,8H2,1-3H3. The van der Waals surface area contributed by atoms with Crippen LogP contribution in [0.5, 0.6) is 0 Å². The lowest BCUT2D eigenvalue weighted by Gasteiger charge is -2.21. The van der Waals surface area contributed by atoms with E-state index in [1.54, 1.807) is 6.92 Å². The smallest absolute Gasteiger partial charge is 0.128 e. The first-order valence-corrected chi connectivity index (χ1v) is 8.39. The Morgan fingerprint density at radius 2 is 2.05 bits per heavy atom. The van der Waals surface area contributed by atoms with Gasteiger partial charge in [-0.1, -0.05) is 6.92 Å². The van der Waals surface area contributed by atoms with Gasteiger partial charge in [-0.3, -0.25) is 0 Å². The molecule has 0 heterocycles. The van der Waals surface area contributed by atoms with Crippen molar-refractivity contribution in [3.63, 3.8) is 0 Å². The van der Waals surface area contributed by atoms with Gasteiger partial charge in [-0.25, -0.2) is 8.78 Å². The number of thioether (sulfide) groups is 1. The third-order valence-corrected chi connectivity index (χ3v) is 5.25. The molecule has 1 aromatic rings. The number of benzene rings is 1. The Labute approximate surface area is 124 Å². The second-order valence-corrected chi connectivity index (χ2v) is 7.18. The van der Waals surface area contributed by atoms with Gasteiger partial charge >= 0.3 is 0 Å². The fourth-order valence-corrected chi connectivity index (χ4v) is 4.06. The average molecular weight is 299 g/mol. The average Bonchev–Trinajstić information content (AvgIpc) is 2.81. The van der Waals surface area contributed by atoms with E-state index in [0.29, 0.717) is 22.4 Å². The summed E-state index contributed by atoms with van der Waals surface area (Å²) in [5, 5.41) is 4.16. The van der Waals surface area contributed by atoms with Crippen molar-refractivity contribution in [1.82, 2.24) is 5.32 Å². The zero-order chi connectivity index (χ0) is 14.7. The molecule has 0 aliphatic heterocycles. The van der Waals surface area contributed by atoms with Crippen LogP contribution in [0.3, 0.4) is 0 Å². The number of aryl methyl sites for hydroxylation is 1. The van der Waals surface area contributed by atoms with Crippen LogP contribution < -0.4 is 5.32 Å². The highest BCUT2D eigenvalue weighted by Crippen LogP contribution is 2.31. The van der Waals surface area contributed by atoms with E-state index in [2.05, 4.69) is 12.2 Å². The summed E-state index contributed by atoms with van der Waals surface area (Å²) in [5.41, 5.74) is 0.790. The van der Waals surface area contributed by atoms with Crippen LogP contribution in [-0.4, -0.2) is 17.0 Å². The molecule has 0 saturated heterocycles. The lowest BCUT2D eigenvalue weighted by atomic mass is 10.0. The molecule has 1 nitrogen and oxygen atoms in total. The van der Waals surface area contributed by atoms with Gasteiger partial charge in [-0.05, 0) is 56.6 Å². The number of rotatable bonds is 5. The maximum absolute atomic E-state index is 13.9. The highest BCUT2D eigenvalue weighted by atomic mass is 32.2. The van der Waals surface area contributed by atoms with Crippen molar-refractivity contribution in [1.29, 1.82) is 0 Å². The minimum Gasteiger partial charge on any atom is -0.307 e. The van der Waals surface area contributed by atoms with Gasteiger partial charge in [-0.15, -0.1) is 0 Å². The summed E-state index contributed by atoms with van der Waals surface area (Å²) in [6.45, 7) is 5.68. The third-order valence-electron chi connectivity index (χ3n) is 4.02. The molecule has 1 N–H and O–H groups in total. The quantitative estimate of drug-likeness (QED) is 0.853. The first kappa shape index (κ1) is 15.8. The molecule has 3 unspecified atom stereocenters. The SMILES string of the molecule is CCSC1CCC(NC(C)c2cc(F)c(C)cc2F)C1. The van der Waals surface area contributed by atoms with Gasteiger partial charge < -0.3 is 5.32 Å². The first-order chi connectivity index (χ1) is 9.51. The van der Waals surface area contributed by atoms with Crippen molar-refractivity contribution >= 4 is 11.8 Å². The summed E-state index contributed by atoms with van der Waals surface area (Å²) in [5.74, 6) is 0.493. The molecular formula is C16H23F2NS. The van der Waals surface area contributed by atoms with Crippen LogP contribution >= 0.6 is 11.8 Å². The van der Waals surface area contributed by atoms with Gasteiger partial charge in [0.05, 0.1) is 0 Å². The largest absolute Gasteiger partial charge is 0.307 e. The van der Waals surface area contributed by atoms with Gasteiger partial charge in [0.15, 0.2) is 0 Å². The maximum Gasteiger partial charge on any atom is 0.128 e.